The second kappa shape index (κ2) is 10.2. The molecule has 1 aliphatic rings. The van der Waals surface area contributed by atoms with Crippen LogP contribution in [-0.2, 0) is 6.54 Å². The van der Waals surface area contributed by atoms with Gasteiger partial charge in [-0.1, -0.05) is 62.4 Å². The van der Waals surface area contributed by atoms with Crippen LogP contribution in [0.15, 0.2) is 91.1 Å². The average Bonchev–Trinajstić information content (AvgIpc) is 3.51. The molecule has 1 atom stereocenters. The van der Waals surface area contributed by atoms with Gasteiger partial charge in [0, 0.05) is 17.4 Å². The van der Waals surface area contributed by atoms with Gasteiger partial charge in [-0.05, 0) is 85.3 Å². The van der Waals surface area contributed by atoms with Gasteiger partial charge < -0.3 is 14.8 Å². The summed E-state index contributed by atoms with van der Waals surface area (Å²) in [5.41, 5.74) is 9.41. The molecule has 40 heavy (non-hydrogen) atoms. The molecule has 0 fully saturated rings. The van der Waals surface area contributed by atoms with Crippen molar-refractivity contribution in [3.8, 4) is 11.5 Å². The van der Waals surface area contributed by atoms with Gasteiger partial charge in [0.15, 0.2) is 0 Å². The van der Waals surface area contributed by atoms with E-state index in [4.69, 9.17) is 5.10 Å². The molecule has 0 radical (unpaired) electrons. The topological polar surface area (TPSA) is 55.1 Å². The number of rotatable bonds is 4. The van der Waals surface area contributed by atoms with Crippen LogP contribution in [0.4, 0.5) is 10.5 Å². The number of amides is 2. The lowest BCUT2D eigenvalue weighted by molar-refractivity contribution is 0.194. The summed E-state index contributed by atoms with van der Waals surface area (Å²) in [6, 6.07) is 28.7. The first kappa shape index (κ1) is 25.7. The molecule has 0 aliphatic carbocycles. The first-order valence-corrected chi connectivity index (χ1v) is 13.9. The predicted octanol–water partition coefficient (Wildman–Crippen LogP) is 7.85. The molecule has 1 N–H and O–H groups in total. The molecule has 0 spiro atoms. The molecule has 0 saturated carbocycles. The zero-order valence-electron chi connectivity index (χ0n) is 23.7. The minimum Gasteiger partial charge on any atom is -0.308 e. The van der Waals surface area contributed by atoms with Crippen molar-refractivity contribution < 1.29 is 4.79 Å². The number of carbonyl (C=O) groups excluding carboxylic acids is 1. The standard InChI is InChI=1S/C34H35N5O/c1-22(2)26-14-16-27(17-15-26)32-31-12-9-19-37(31)33-30(25(5)36-39(33)29-10-7-6-8-11-29)21-38(32)34(40)35-28-18-13-23(3)24(4)20-28/h6-20,22,32H,21H2,1-5H3,(H,35,40)/t32-/m0/s1. The van der Waals surface area contributed by atoms with E-state index in [0.717, 1.165) is 45.3 Å². The fourth-order valence-electron chi connectivity index (χ4n) is 5.58. The van der Waals surface area contributed by atoms with Crippen LogP contribution in [0, 0.1) is 20.8 Å². The average molecular weight is 530 g/mol. The monoisotopic (exact) mass is 529 g/mol. The lowest BCUT2D eigenvalue weighted by Crippen LogP contribution is -2.38. The SMILES string of the molecule is Cc1ccc(NC(=O)N2Cc3c(C)nn(-c4ccccc4)c3-n3cccc3[C@@H]2c2ccc(C(C)C)cc2)cc1C. The van der Waals surface area contributed by atoms with Crippen molar-refractivity contribution in [2.24, 2.45) is 0 Å². The number of aromatic nitrogens is 3. The van der Waals surface area contributed by atoms with E-state index in [1.807, 2.05) is 52.9 Å². The summed E-state index contributed by atoms with van der Waals surface area (Å²) in [5, 5.41) is 8.15. The predicted molar refractivity (Wildman–Crippen MR) is 160 cm³/mol. The van der Waals surface area contributed by atoms with Crippen LogP contribution in [0.3, 0.4) is 0 Å². The first-order valence-electron chi connectivity index (χ1n) is 13.9. The summed E-state index contributed by atoms with van der Waals surface area (Å²) in [4.78, 5) is 16.1. The number of para-hydroxylation sites is 1. The lowest BCUT2D eigenvalue weighted by Gasteiger charge is -2.31. The fourth-order valence-corrected chi connectivity index (χ4v) is 5.58. The van der Waals surface area contributed by atoms with E-state index < -0.39 is 0 Å². The Morgan fingerprint density at radius 2 is 1.65 bits per heavy atom. The molecular weight excluding hydrogens is 494 g/mol. The lowest BCUT2D eigenvalue weighted by atomic mass is 9.97. The van der Waals surface area contributed by atoms with Gasteiger partial charge in [-0.25, -0.2) is 9.48 Å². The maximum Gasteiger partial charge on any atom is 0.322 e. The van der Waals surface area contributed by atoms with Gasteiger partial charge in [0.1, 0.15) is 5.82 Å². The van der Waals surface area contributed by atoms with Gasteiger partial charge in [0.2, 0.25) is 0 Å². The van der Waals surface area contributed by atoms with Crippen LogP contribution in [0.2, 0.25) is 0 Å². The van der Waals surface area contributed by atoms with Crippen LogP contribution < -0.4 is 5.32 Å². The third kappa shape index (κ3) is 4.49. The van der Waals surface area contributed by atoms with Crippen LogP contribution in [0.1, 0.15) is 65.0 Å². The van der Waals surface area contributed by atoms with E-state index in [1.54, 1.807) is 0 Å². The largest absolute Gasteiger partial charge is 0.322 e. The van der Waals surface area contributed by atoms with E-state index in [2.05, 4.69) is 92.3 Å². The number of anilines is 1. The molecule has 0 bridgehead atoms. The summed E-state index contributed by atoms with van der Waals surface area (Å²) >= 11 is 0. The van der Waals surface area contributed by atoms with Crippen molar-refractivity contribution in [1.82, 2.24) is 19.2 Å². The zero-order valence-corrected chi connectivity index (χ0v) is 23.7. The highest BCUT2D eigenvalue weighted by atomic mass is 16.2. The van der Waals surface area contributed by atoms with E-state index in [0.29, 0.717) is 12.5 Å². The molecule has 6 nitrogen and oxygen atoms in total. The molecular formula is C34H35N5O. The summed E-state index contributed by atoms with van der Waals surface area (Å²) in [7, 11) is 0. The van der Waals surface area contributed by atoms with Gasteiger partial charge in [0.25, 0.3) is 0 Å². The highest BCUT2D eigenvalue weighted by Crippen LogP contribution is 2.39. The summed E-state index contributed by atoms with van der Waals surface area (Å²) in [6.45, 7) is 11.0. The van der Waals surface area contributed by atoms with Crippen molar-refractivity contribution in [3.05, 3.63) is 130 Å². The molecule has 3 aromatic carbocycles. The Bertz CT molecular complexity index is 1680. The van der Waals surface area contributed by atoms with Crippen molar-refractivity contribution in [2.75, 3.05) is 5.32 Å². The minimum absolute atomic E-state index is 0.145. The maximum absolute atomic E-state index is 14.2. The van der Waals surface area contributed by atoms with E-state index in [1.165, 1.54) is 11.1 Å². The van der Waals surface area contributed by atoms with Gasteiger partial charge in [-0.3, -0.25) is 0 Å². The Balaban J connectivity index is 1.51. The first-order chi connectivity index (χ1) is 19.3. The Morgan fingerprint density at radius 1 is 0.900 bits per heavy atom. The molecule has 5 aromatic rings. The van der Waals surface area contributed by atoms with Crippen LogP contribution in [-0.4, -0.2) is 25.3 Å². The number of aryl methyl sites for hydroxylation is 3. The molecule has 0 unspecified atom stereocenters. The third-order valence-electron chi connectivity index (χ3n) is 8.02. The Labute approximate surface area is 235 Å². The number of urea groups is 1. The van der Waals surface area contributed by atoms with Crippen LogP contribution >= 0.6 is 0 Å². The molecule has 2 amide bonds. The Hall–Kier alpha value is -4.58. The molecule has 6 rings (SSSR count). The molecule has 3 heterocycles. The van der Waals surface area contributed by atoms with Crippen molar-refractivity contribution in [1.29, 1.82) is 0 Å². The van der Waals surface area contributed by atoms with Gasteiger partial charge >= 0.3 is 6.03 Å². The van der Waals surface area contributed by atoms with Crippen molar-refractivity contribution in [3.63, 3.8) is 0 Å². The van der Waals surface area contributed by atoms with Gasteiger partial charge in [0.05, 0.1) is 29.7 Å². The zero-order chi connectivity index (χ0) is 28.0. The van der Waals surface area contributed by atoms with Gasteiger partial charge in [-0.15, -0.1) is 0 Å². The highest BCUT2D eigenvalue weighted by Gasteiger charge is 2.36. The summed E-state index contributed by atoms with van der Waals surface area (Å²) < 4.78 is 4.20. The van der Waals surface area contributed by atoms with Crippen LogP contribution in [0.25, 0.3) is 11.5 Å². The molecule has 0 saturated heterocycles. The second-order valence-electron chi connectivity index (χ2n) is 11.0. The van der Waals surface area contributed by atoms with Crippen LogP contribution in [0.5, 0.6) is 0 Å². The van der Waals surface area contributed by atoms with Gasteiger partial charge in [-0.2, -0.15) is 5.10 Å². The summed E-state index contributed by atoms with van der Waals surface area (Å²) in [5.74, 6) is 1.40. The number of hydrogen-bond donors (Lipinski definition) is 1. The highest BCUT2D eigenvalue weighted by molar-refractivity contribution is 5.90. The molecule has 202 valence electrons. The summed E-state index contributed by atoms with van der Waals surface area (Å²) in [6.07, 6.45) is 2.08. The molecule has 6 heteroatoms. The van der Waals surface area contributed by atoms with E-state index >= 15 is 0 Å². The molecule has 2 aromatic heterocycles. The minimum atomic E-state index is -0.293. The van der Waals surface area contributed by atoms with E-state index in [-0.39, 0.29) is 12.1 Å². The Morgan fingerprint density at radius 3 is 2.35 bits per heavy atom. The molecule has 1 aliphatic heterocycles. The number of fused-ring (bicyclic) bond motifs is 3. The maximum atomic E-state index is 14.2. The number of nitrogens with one attached hydrogen (secondary N) is 1. The van der Waals surface area contributed by atoms with Crippen molar-refractivity contribution in [2.45, 2.75) is 53.1 Å². The second-order valence-corrected chi connectivity index (χ2v) is 11.0. The fraction of sp³-hybridized carbons (Fsp3) is 0.235. The number of carbonyl (C=O) groups is 1. The van der Waals surface area contributed by atoms with Crippen molar-refractivity contribution >= 4 is 11.7 Å². The Kier molecular flexibility index (Phi) is 6.54. The number of hydrogen-bond acceptors (Lipinski definition) is 2. The number of nitrogens with zero attached hydrogens (tertiary/aromatic N) is 4. The smallest absolute Gasteiger partial charge is 0.308 e. The van der Waals surface area contributed by atoms with E-state index in [9.17, 15) is 4.79 Å². The number of benzene rings is 3. The quantitative estimate of drug-likeness (QED) is 0.258. The normalized spacial score (nSPS) is 14.6. The third-order valence-corrected chi connectivity index (χ3v) is 8.02.